The molecular weight excluding hydrogens is 264 g/mol. The molecule has 2 aromatic carbocycles. The van der Waals surface area contributed by atoms with Crippen LogP contribution in [0.3, 0.4) is 0 Å². The Hall–Kier alpha value is -2.07. The molecule has 2 aromatic rings. The van der Waals surface area contributed by atoms with Crippen molar-refractivity contribution in [3.63, 3.8) is 0 Å². The molecule has 0 saturated heterocycles. The zero-order valence-electron chi connectivity index (χ0n) is 12.2. The molecule has 0 heterocycles. The molecule has 1 saturated carbocycles. The van der Waals surface area contributed by atoms with Gasteiger partial charge in [-0.15, -0.1) is 0 Å². The summed E-state index contributed by atoms with van der Waals surface area (Å²) in [6.45, 7) is 0.893. The van der Waals surface area contributed by atoms with Crippen molar-refractivity contribution in [1.29, 1.82) is 0 Å². The molecule has 0 radical (unpaired) electrons. The predicted octanol–water partition coefficient (Wildman–Crippen LogP) is 2.26. The van der Waals surface area contributed by atoms with Crippen LogP contribution in [-0.4, -0.2) is 35.5 Å². The minimum absolute atomic E-state index is 0.0553. The van der Waals surface area contributed by atoms with E-state index in [1.54, 1.807) is 6.07 Å². The van der Waals surface area contributed by atoms with E-state index in [2.05, 4.69) is 5.32 Å². The molecule has 0 bridgehead atoms. The maximum absolute atomic E-state index is 11.8. The molecule has 0 aliphatic heterocycles. The van der Waals surface area contributed by atoms with Crippen molar-refractivity contribution in [3.8, 4) is 5.75 Å². The third kappa shape index (κ3) is 3.34. The average molecular weight is 284 g/mol. The van der Waals surface area contributed by atoms with Crippen LogP contribution in [0, 0.1) is 0 Å². The van der Waals surface area contributed by atoms with E-state index in [0.29, 0.717) is 19.1 Å². The van der Waals surface area contributed by atoms with Crippen molar-refractivity contribution in [2.45, 2.75) is 25.4 Å². The Bertz CT molecular complexity index is 665. The summed E-state index contributed by atoms with van der Waals surface area (Å²) >= 11 is 0. The third-order valence-corrected chi connectivity index (χ3v) is 3.80. The first-order valence-corrected chi connectivity index (χ1v) is 7.31. The topological polar surface area (TPSA) is 52.6 Å². The standard InChI is InChI=1S/C17H20N2O2/c1-19(11-17(21)18-13-7-8-13)10-15-14-5-3-2-4-12(14)6-9-16(15)20/h2-6,9,13,20H,7-8,10-11H2,1H3,(H,18,21). The number of aromatic hydroxyl groups is 1. The van der Waals surface area contributed by atoms with Gasteiger partial charge in [-0.1, -0.05) is 30.3 Å². The van der Waals surface area contributed by atoms with E-state index in [0.717, 1.165) is 29.2 Å². The van der Waals surface area contributed by atoms with Crippen molar-refractivity contribution in [2.75, 3.05) is 13.6 Å². The molecule has 1 aliphatic carbocycles. The van der Waals surface area contributed by atoms with Gasteiger partial charge >= 0.3 is 0 Å². The fourth-order valence-electron chi connectivity index (χ4n) is 2.56. The lowest BCUT2D eigenvalue weighted by Crippen LogP contribution is -2.35. The SMILES string of the molecule is CN(CC(=O)NC1CC1)Cc1c(O)ccc2ccccc12. The lowest BCUT2D eigenvalue weighted by Gasteiger charge is -2.18. The van der Waals surface area contributed by atoms with Gasteiger partial charge in [-0.25, -0.2) is 0 Å². The van der Waals surface area contributed by atoms with Gasteiger partial charge in [0, 0.05) is 18.2 Å². The summed E-state index contributed by atoms with van der Waals surface area (Å²) in [4.78, 5) is 13.8. The lowest BCUT2D eigenvalue weighted by molar-refractivity contribution is -0.122. The van der Waals surface area contributed by atoms with Crippen LogP contribution in [0.25, 0.3) is 10.8 Å². The number of carbonyl (C=O) groups excluding carboxylic acids is 1. The fraction of sp³-hybridized carbons (Fsp3) is 0.353. The molecule has 2 N–H and O–H groups in total. The summed E-state index contributed by atoms with van der Waals surface area (Å²) in [6, 6.07) is 12.0. The van der Waals surface area contributed by atoms with E-state index in [1.165, 1.54) is 0 Å². The van der Waals surface area contributed by atoms with Crippen molar-refractivity contribution in [1.82, 2.24) is 10.2 Å². The quantitative estimate of drug-likeness (QED) is 0.885. The van der Waals surface area contributed by atoms with E-state index in [9.17, 15) is 9.90 Å². The predicted molar refractivity (Wildman–Crippen MR) is 83.1 cm³/mol. The number of hydrogen-bond donors (Lipinski definition) is 2. The minimum Gasteiger partial charge on any atom is -0.508 e. The van der Waals surface area contributed by atoms with Crippen LogP contribution in [0.5, 0.6) is 5.75 Å². The molecule has 1 aliphatic rings. The number of phenolic OH excluding ortho intramolecular Hbond substituents is 1. The van der Waals surface area contributed by atoms with Gasteiger partial charge in [-0.05, 0) is 36.7 Å². The molecule has 4 nitrogen and oxygen atoms in total. The molecule has 1 fully saturated rings. The van der Waals surface area contributed by atoms with Crippen LogP contribution < -0.4 is 5.32 Å². The maximum atomic E-state index is 11.8. The Balaban J connectivity index is 1.74. The van der Waals surface area contributed by atoms with Crippen LogP contribution in [0.4, 0.5) is 0 Å². The number of hydrogen-bond acceptors (Lipinski definition) is 3. The summed E-state index contributed by atoms with van der Waals surface area (Å²) in [5, 5.41) is 15.2. The van der Waals surface area contributed by atoms with Gasteiger partial charge < -0.3 is 10.4 Å². The van der Waals surface area contributed by atoms with Gasteiger partial charge in [-0.3, -0.25) is 9.69 Å². The van der Waals surface area contributed by atoms with Gasteiger partial charge in [0.2, 0.25) is 5.91 Å². The highest BCUT2D eigenvalue weighted by molar-refractivity contribution is 5.87. The van der Waals surface area contributed by atoms with E-state index in [1.807, 2.05) is 42.3 Å². The normalized spacial score (nSPS) is 14.6. The highest BCUT2D eigenvalue weighted by atomic mass is 16.3. The fourth-order valence-corrected chi connectivity index (χ4v) is 2.56. The molecule has 0 atom stereocenters. The molecular formula is C17H20N2O2. The molecule has 0 aromatic heterocycles. The first kappa shape index (κ1) is 13.9. The van der Waals surface area contributed by atoms with Crippen molar-refractivity contribution in [2.24, 2.45) is 0 Å². The zero-order valence-corrected chi connectivity index (χ0v) is 12.2. The van der Waals surface area contributed by atoms with Gasteiger partial charge in [0.25, 0.3) is 0 Å². The number of fused-ring (bicyclic) bond motifs is 1. The maximum Gasteiger partial charge on any atom is 0.234 e. The Labute approximate surface area is 124 Å². The van der Waals surface area contributed by atoms with E-state index < -0.39 is 0 Å². The summed E-state index contributed by atoms with van der Waals surface area (Å²) in [7, 11) is 1.90. The van der Waals surface area contributed by atoms with Crippen LogP contribution in [-0.2, 0) is 11.3 Å². The van der Waals surface area contributed by atoms with Crippen LogP contribution in [0.2, 0.25) is 0 Å². The van der Waals surface area contributed by atoms with Crippen molar-refractivity contribution < 1.29 is 9.90 Å². The third-order valence-electron chi connectivity index (χ3n) is 3.80. The van der Waals surface area contributed by atoms with Crippen molar-refractivity contribution >= 4 is 16.7 Å². The zero-order chi connectivity index (χ0) is 14.8. The number of carbonyl (C=O) groups is 1. The average Bonchev–Trinajstić information content (AvgIpc) is 3.25. The van der Waals surface area contributed by atoms with Crippen LogP contribution in [0.1, 0.15) is 18.4 Å². The number of rotatable bonds is 5. The first-order chi connectivity index (χ1) is 10.1. The highest BCUT2D eigenvalue weighted by Gasteiger charge is 2.23. The largest absolute Gasteiger partial charge is 0.508 e. The second-order valence-corrected chi connectivity index (χ2v) is 5.80. The summed E-state index contributed by atoms with van der Waals surface area (Å²) < 4.78 is 0. The second-order valence-electron chi connectivity index (χ2n) is 5.80. The number of amides is 1. The van der Waals surface area contributed by atoms with Crippen LogP contribution in [0.15, 0.2) is 36.4 Å². The Morgan fingerprint density at radius 3 is 2.81 bits per heavy atom. The van der Waals surface area contributed by atoms with Gasteiger partial charge in [0.1, 0.15) is 5.75 Å². The summed E-state index contributed by atoms with van der Waals surface area (Å²) in [5.41, 5.74) is 0.870. The number of nitrogens with one attached hydrogen (secondary N) is 1. The smallest absolute Gasteiger partial charge is 0.234 e. The van der Waals surface area contributed by atoms with Gasteiger partial charge in [0.15, 0.2) is 0 Å². The molecule has 0 spiro atoms. The van der Waals surface area contributed by atoms with Gasteiger partial charge in [0.05, 0.1) is 6.54 Å². The summed E-state index contributed by atoms with van der Waals surface area (Å²) in [5.74, 6) is 0.336. The van der Waals surface area contributed by atoms with Crippen molar-refractivity contribution in [3.05, 3.63) is 42.0 Å². The van der Waals surface area contributed by atoms with Crippen LogP contribution >= 0.6 is 0 Å². The number of likely N-dealkylation sites (N-methyl/N-ethyl adjacent to an activating group) is 1. The van der Waals surface area contributed by atoms with E-state index in [-0.39, 0.29) is 11.7 Å². The lowest BCUT2D eigenvalue weighted by atomic mass is 10.0. The van der Waals surface area contributed by atoms with E-state index in [4.69, 9.17) is 0 Å². The monoisotopic (exact) mass is 284 g/mol. The van der Waals surface area contributed by atoms with E-state index >= 15 is 0 Å². The number of phenols is 1. The number of nitrogens with zero attached hydrogens (tertiary/aromatic N) is 1. The number of benzene rings is 2. The molecule has 0 unspecified atom stereocenters. The Morgan fingerprint density at radius 2 is 2.05 bits per heavy atom. The Morgan fingerprint density at radius 1 is 1.29 bits per heavy atom. The minimum atomic E-state index is 0.0553. The molecule has 4 heteroatoms. The summed E-state index contributed by atoms with van der Waals surface area (Å²) in [6.07, 6.45) is 2.19. The molecule has 21 heavy (non-hydrogen) atoms. The first-order valence-electron chi connectivity index (χ1n) is 7.31. The molecule has 3 rings (SSSR count). The molecule has 1 amide bonds. The second kappa shape index (κ2) is 5.74. The Kier molecular flexibility index (Phi) is 3.80. The molecule has 110 valence electrons. The van der Waals surface area contributed by atoms with Gasteiger partial charge in [-0.2, -0.15) is 0 Å². The highest BCUT2D eigenvalue weighted by Crippen LogP contribution is 2.28.